The van der Waals surface area contributed by atoms with Crippen LogP contribution in [0.1, 0.15) is 35.3 Å². The van der Waals surface area contributed by atoms with Gasteiger partial charge in [0.2, 0.25) is 0 Å². The maximum absolute atomic E-state index is 6.38. The minimum atomic E-state index is -0.269. The van der Waals surface area contributed by atoms with E-state index in [9.17, 15) is 0 Å². The molecular formula is C25H24Cl2O4. The molecule has 0 fully saturated rings. The molecule has 3 aromatic carbocycles. The molecule has 1 aliphatic heterocycles. The SMILES string of the molecule is CCOCC1Cc2cc(C(OCc3cc(Cl)ccc3Cl)c3ccccc3)ccc2OO1. The molecule has 3 aromatic rings. The Morgan fingerprint density at radius 2 is 1.84 bits per heavy atom. The van der Waals surface area contributed by atoms with Crippen molar-refractivity contribution in [3.8, 4) is 5.75 Å². The van der Waals surface area contributed by atoms with E-state index in [4.69, 9.17) is 42.5 Å². The summed E-state index contributed by atoms with van der Waals surface area (Å²) in [7, 11) is 0. The first-order valence-electron chi connectivity index (χ1n) is 10.3. The monoisotopic (exact) mass is 458 g/mol. The van der Waals surface area contributed by atoms with E-state index >= 15 is 0 Å². The lowest BCUT2D eigenvalue weighted by molar-refractivity contribution is -0.264. The van der Waals surface area contributed by atoms with E-state index in [0.717, 1.165) is 28.0 Å². The zero-order valence-electron chi connectivity index (χ0n) is 17.2. The van der Waals surface area contributed by atoms with Crippen LogP contribution in [0.5, 0.6) is 5.75 Å². The van der Waals surface area contributed by atoms with Crippen molar-refractivity contribution in [1.82, 2.24) is 0 Å². The zero-order chi connectivity index (χ0) is 21.6. The normalized spacial score (nSPS) is 16.4. The van der Waals surface area contributed by atoms with Crippen molar-refractivity contribution in [1.29, 1.82) is 0 Å². The van der Waals surface area contributed by atoms with Gasteiger partial charge in [-0.2, -0.15) is 4.89 Å². The smallest absolute Gasteiger partial charge is 0.168 e. The minimum absolute atomic E-state index is 0.135. The Morgan fingerprint density at radius 3 is 2.65 bits per heavy atom. The first-order valence-corrected chi connectivity index (χ1v) is 11.0. The fourth-order valence-electron chi connectivity index (χ4n) is 3.58. The van der Waals surface area contributed by atoms with Crippen LogP contribution in [0.25, 0.3) is 0 Å². The van der Waals surface area contributed by atoms with Gasteiger partial charge in [-0.25, -0.2) is 0 Å². The number of fused-ring (bicyclic) bond motifs is 1. The number of benzene rings is 3. The molecule has 0 spiro atoms. The van der Waals surface area contributed by atoms with Crippen molar-refractivity contribution < 1.29 is 19.2 Å². The lowest BCUT2D eigenvalue weighted by atomic mass is 9.96. The molecule has 0 radical (unpaired) electrons. The Labute approximate surface area is 192 Å². The number of rotatable bonds is 8. The van der Waals surface area contributed by atoms with E-state index in [0.29, 0.717) is 36.3 Å². The van der Waals surface area contributed by atoms with E-state index in [1.807, 2.05) is 43.3 Å². The van der Waals surface area contributed by atoms with Crippen LogP contribution in [-0.4, -0.2) is 19.3 Å². The van der Waals surface area contributed by atoms with Crippen molar-refractivity contribution in [3.63, 3.8) is 0 Å². The second-order valence-electron chi connectivity index (χ2n) is 7.37. The molecule has 0 aromatic heterocycles. The molecule has 2 unspecified atom stereocenters. The third kappa shape index (κ3) is 5.59. The average molecular weight is 459 g/mol. The van der Waals surface area contributed by atoms with Gasteiger partial charge in [-0.3, -0.25) is 0 Å². The molecule has 4 rings (SSSR count). The first-order chi connectivity index (χ1) is 15.1. The second-order valence-corrected chi connectivity index (χ2v) is 8.21. The Hall–Kier alpha value is -2.08. The summed E-state index contributed by atoms with van der Waals surface area (Å²) in [5, 5.41) is 1.26. The van der Waals surface area contributed by atoms with Gasteiger partial charge in [0.05, 0.1) is 13.2 Å². The fourth-order valence-corrected chi connectivity index (χ4v) is 3.95. The quantitative estimate of drug-likeness (QED) is 0.357. The predicted molar refractivity (Wildman–Crippen MR) is 122 cm³/mol. The van der Waals surface area contributed by atoms with Gasteiger partial charge in [-0.1, -0.05) is 59.6 Å². The highest BCUT2D eigenvalue weighted by molar-refractivity contribution is 6.33. The van der Waals surface area contributed by atoms with Crippen LogP contribution >= 0.6 is 23.2 Å². The number of ether oxygens (including phenoxy) is 2. The van der Waals surface area contributed by atoms with Crippen LogP contribution in [0.3, 0.4) is 0 Å². The maximum Gasteiger partial charge on any atom is 0.168 e. The molecule has 0 aliphatic carbocycles. The molecule has 0 amide bonds. The lowest BCUT2D eigenvalue weighted by Gasteiger charge is -2.26. The molecule has 0 bridgehead atoms. The minimum Gasteiger partial charge on any atom is -0.379 e. The molecular weight excluding hydrogens is 435 g/mol. The van der Waals surface area contributed by atoms with Crippen molar-refractivity contribution in [3.05, 3.63) is 99.0 Å². The van der Waals surface area contributed by atoms with E-state index in [-0.39, 0.29) is 12.2 Å². The third-order valence-electron chi connectivity index (χ3n) is 5.13. The van der Waals surface area contributed by atoms with Crippen LogP contribution in [-0.2, 0) is 27.4 Å². The van der Waals surface area contributed by atoms with Gasteiger partial charge < -0.3 is 14.4 Å². The summed E-state index contributed by atoms with van der Waals surface area (Å²) < 4.78 is 11.9. The van der Waals surface area contributed by atoms with Crippen LogP contribution in [0.4, 0.5) is 0 Å². The van der Waals surface area contributed by atoms with E-state index < -0.39 is 0 Å². The Kier molecular flexibility index (Phi) is 7.49. The predicted octanol–water partition coefficient (Wildman–Crippen LogP) is 6.57. The Bertz CT molecular complexity index is 1010. The topological polar surface area (TPSA) is 36.9 Å². The number of halogens is 2. The first kappa shape index (κ1) is 22.1. The van der Waals surface area contributed by atoms with Crippen molar-refractivity contribution >= 4 is 23.2 Å². The summed E-state index contributed by atoms with van der Waals surface area (Å²) in [6.45, 7) is 3.43. The van der Waals surface area contributed by atoms with Crippen LogP contribution in [0, 0.1) is 0 Å². The number of hydrogen-bond acceptors (Lipinski definition) is 4. The average Bonchev–Trinajstić information content (AvgIpc) is 2.80. The van der Waals surface area contributed by atoms with Crippen molar-refractivity contribution in [2.24, 2.45) is 0 Å². The molecule has 0 saturated carbocycles. The van der Waals surface area contributed by atoms with Gasteiger partial charge in [0, 0.05) is 28.6 Å². The van der Waals surface area contributed by atoms with Gasteiger partial charge in [-0.05, 0) is 53.9 Å². The van der Waals surface area contributed by atoms with Crippen LogP contribution < -0.4 is 4.89 Å². The molecule has 1 heterocycles. The van der Waals surface area contributed by atoms with Gasteiger partial charge in [-0.15, -0.1) is 0 Å². The summed E-state index contributed by atoms with van der Waals surface area (Å²) in [6, 6.07) is 21.6. The largest absolute Gasteiger partial charge is 0.379 e. The van der Waals surface area contributed by atoms with Crippen LogP contribution in [0.2, 0.25) is 10.0 Å². The van der Waals surface area contributed by atoms with Gasteiger partial charge in [0.1, 0.15) is 12.2 Å². The molecule has 1 aliphatic rings. The fraction of sp³-hybridized carbons (Fsp3) is 0.280. The lowest BCUT2D eigenvalue weighted by Crippen LogP contribution is -2.28. The molecule has 2 atom stereocenters. The van der Waals surface area contributed by atoms with Crippen LogP contribution in [0.15, 0.2) is 66.7 Å². The molecule has 0 N–H and O–H groups in total. The molecule has 162 valence electrons. The maximum atomic E-state index is 6.38. The van der Waals surface area contributed by atoms with Gasteiger partial charge >= 0.3 is 0 Å². The Balaban J connectivity index is 1.59. The highest BCUT2D eigenvalue weighted by Crippen LogP contribution is 2.34. The summed E-state index contributed by atoms with van der Waals surface area (Å²) in [6.07, 6.45) is 0.309. The summed E-state index contributed by atoms with van der Waals surface area (Å²) in [4.78, 5) is 10.9. The zero-order valence-corrected chi connectivity index (χ0v) is 18.7. The summed E-state index contributed by atoms with van der Waals surface area (Å²) >= 11 is 12.5. The molecule has 4 nitrogen and oxygen atoms in total. The van der Waals surface area contributed by atoms with Gasteiger partial charge in [0.25, 0.3) is 0 Å². The Morgan fingerprint density at radius 1 is 1.00 bits per heavy atom. The molecule has 6 heteroatoms. The van der Waals surface area contributed by atoms with Crippen molar-refractivity contribution in [2.45, 2.75) is 32.2 Å². The van der Waals surface area contributed by atoms with E-state index in [1.54, 1.807) is 12.1 Å². The molecule has 31 heavy (non-hydrogen) atoms. The standard InChI is InChI=1S/C25H24Cl2O4/c1-2-28-16-22-14-19-12-18(8-11-24(19)31-30-22)25(17-6-4-3-5-7-17)29-15-20-13-21(26)9-10-23(20)27/h3-13,22,25H,2,14-16H2,1H3. The van der Waals surface area contributed by atoms with Crippen molar-refractivity contribution in [2.75, 3.05) is 13.2 Å². The second kappa shape index (κ2) is 10.5. The summed E-state index contributed by atoms with van der Waals surface area (Å²) in [5.41, 5.74) is 4.00. The third-order valence-corrected chi connectivity index (χ3v) is 5.74. The van der Waals surface area contributed by atoms with E-state index in [2.05, 4.69) is 18.2 Å². The van der Waals surface area contributed by atoms with Gasteiger partial charge in [0.15, 0.2) is 5.75 Å². The molecule has 0 saturated heterocycles. The highest BCUT2D eigenvalue weighted by Gasteiger charge is 2.24. The highest BCUT2D eigenvalue weighted by atomic mass is 35.5. The number of hydrogen-bond donors (Lipinski definition) is 0. The summed E-state index contributed by atoms with van der Waals surface area (Å²) in [5.74, 6) is 0.723. The van der Waals surface area contributed by atoms with E-state index in [1.165, 1.54) is 0 Å².